The van der Waals surface area contributed by atoms with Crippen LogP contribution in [0.25, 0.3) is 0 Å². The molecule has 2 atom stereocenters. The number of rotatable bonds is 6. The zero-order valence-electron chi connectivity index (χ0n) is 13.8. The molecule has 4 heteroatoms. The van der Waals surface area contributed by atoms with Gasteiger partial charge in [-0.15, -0.1) is 0 Å². The van der Waals surface area contributed by atoms with E-state index < -0.39 is 5.54 Å². The van der Waals surface area contributed by atoms with E-state index in [2.05, 4.69) is 26.1 Å². The number of carbonyl (C=O) groups excluding carboxylic acids is 2. The van der Waals surface area contributed by atoms with Crippen molar-refractivity contribution in [2.45, 2.75) is 84.8 Å². The fourth-order valence-electron chi connectivity index (χ4n) is 2.89. The second-order valence-electron chi connectivity index (χ2n) is 6.92. The van der Waals surface area contributed by atoms with E-state index in [4.69, 9.17) is 0 Å². The maximum absolute atomic E-state index is 12.6. The number of piperazine rings is 1. The van der Waals surface area contributed by atoms with Crippen LogP contribution in [0.2, 0.25) is 0 Å². The second-order valence-corrected chi connectivity index (χ2v) is 6.92. The topological polar surface area (TPSA) is 49.4 Å². The van der Waals surface area contributed by atoms with Crippen molar-refractivity contribution in [3.05, 3.63) is 0 Å². The molecule has 0 saturated carbocycles. The van der Waals surface area contributed by atoms with Gasteiger partial charge in [-0.2, -0.15) is 0 Å². The molecule has 1 rings (SSSR count). The highest BCUT2D eigenvalue weighted by molar-refractivity contribution is 5.99. The van der Waals surface area contributed by atoms with Crippen molar-refractivity contribution in [1.82, 2.24) is 10.2 Å². The zero-order valence-corrected chi connectivity index (χ0v) is 13.8. The van der Waals surface area contributed by atoms with Crippen LogP contribution in [0.5, 0.6) is 0 Å². The molecule has 1 N–H and O–H groups in total. The monoisotopic (exact) mass is 282 g/mol. The molecule has 0 bridgehead atoms. The van der Waals surface area contributed by atoms with E-state index in [1.54, 1.807) is 13.8 Å². The lowest BCUT2D eigenvalue weighted by Crippen LogP contribution is -2.69. The molecule has 0 aromatic heterocycles. The van der Waals surface area contributed by atoms with Gasteiger partial charge in [0.1, 0.15) is 11.6 Å². The van der Waals surface area contributed by atoms with Gasteiger partial charge >= 0.3 is 0 Å². The highest BCUT2D eigenvalue weighted by Crippen LogP contribution is 2.24. The first-order chi connectivity index (χ1) is 9.20. The van der Waals surface area contributed by atoms with E-state index in [9.17, 15) is 9.59 Å². The molecule has 1 fully saturated rings. The van der Waals surface area contributed by atoms with Crippen molar-refractivity contribution in [2.75, 3.05) is 0 Å². The first kappa shape index (κ1) is 17.0. The number of nitrogens with one attached hydrogen (secondary N) is 1. The molecule has 1 aliphatic heterocycles. The average molecular weight is 282 g/mol. The predicted molar refractivity (Wildman–Crippen MR) is 81.3 cm³/mol. The molecule has 2 unspecified atom stereocenters. The summed E-state index contributed by atoms with van der Waals surface area (Å²) in [6.45, 7) is 12.0. The summed E-state index contributed by atoms with van der Waals surface area (Å²) >= 11 is 0. The summed E-state index contributed by atoms with van der Waals surface area (Å²) in [5, 5.41) is 2.84. The first-order valence-corrected chi connectivity index (χ1v) is 7.85. The van der Waals surface area contributed by atoms with Gasteiger partial charge in [0.2, 0.25) is 11.8 Å². The van der Waals surface area contributed by atoms with Gasteiger partial charge < -0.3 is 10.2 Å². The van der Waals surface area contributed by atoms with E-state index in [-0.39, 0.29) is 23.9 Å². The molecule has 4 nitrogen and oxygen atoms in total. The van der Waals surface area contributed by atoms with Crippen LogP contribution in [0.1, 0.15) is 67.2 Å². The van der Waals surface area contributed by atoms with E-state index in [1.165, 1.54) is 6.42 Å². The normalized spacial score (nSPS) is 23.9. The summed E-state index contributed by atoms with van der Waals surface area (Å²) in [5.74, 6) is 0.703. The van der Waals surface area contributed by atoms with Crippen LogP contribution >= 0.6 is 0 Å². The minimum absolute atomic E-state index is 0.0205. The van der Waals surface area contributed by atoms with Crippen LogP contribution < -0.4 is 5.32 Å². The van der Waals surface area contributed by atoms with E-state index in [0.29, 0.717) is 12.3 Å². The summed E-state index contributed by atoms with van der Waals surface area (Å²) in [6, 6.07) is -0.193. The Hall–Kier alpha value is -1.06. The Kier molecular flexibility index (Phi) is 5.60. The standard InChI is InChI=1S/C16H30N2O2/c1-7-13-14(19)17-16(5,6)15(20)18(13)12(4)10-8-9-11(2)3/h11-13H,7-10H2,1-6H3,(H,17,19). The molecule has 1 saturated heterocycles. The van der Waals surface area contributed by atoms with Gasteiger partial charge in [-0.25, -0.2) is 0 Å². The number of hydrogen-bond acceptors (Lipinski definition) is 2. The number of hydrogen-bond donors (Lipinski definition) is 1. The van der Waals surface area contributed by atoms with Crippen LogP contribution in [-0.4, -0.2) is 34.3 Å². The summed E-state index contributed by atoms with van der Waals surface area (Å²) in [7, 11) is 0. The minimum Gasteiger partial charge on any atom is -0.340 e. The minimum atomic E-state index is -0.783. The molecule has 0 spiro atoms. The molecule has 1 heterocycles. The predicted octanol–water partition coefficient (Wildman–Crippen LogP) is 2.72. The largest absolute Gasteiger partial charge is 0.340 e. The van der Waals surface area contributed by atoms with Gasteiger partial charge in [0, 0.05) is 6.04 Å². The molecular weight excluding hydrogens is 252 g/mol. The smallest absolute Gasteiger partial charge is 0.248 e. The molecule has 0 aromatic rings. The van der Waals surface area contributed by atoms with E-state index in [0.717, 1.165) is 12.8 Å². The fourth-order valence-corrected chi connectivity index (χ4v) is 2.89. The van der Waals surface area contributed by atoms with Gasteiger partial charge in [0.05, 0.1) is 0 Å². The third-order valence-corrected chi connectivity index (χ3v) is 4.11. The Morgan fingerprint density at radius 3 is 2.30 bits per heavy atom. The molecule has 0 aromatic carbocycles. The van der Waals surface area contributed by atoms with Gasteiger partial charge in [-0.3, -0.25) is 9.59 Å². The van der Waals surface area contributed by atoms with Crippen LogP contribution in [0.4, 0.5) is 0 Å². The highest BCUT2D eigenvalue weighted by atomic mass is 16.2. The summed E-state index contributed by atoms with van der Waals surface area (Å²) in [6.07, 6.45) is 3.89. The van der Waals surface area contributed by atoms with Gasteiger partial charge in [0.15, 0.2) is 0 Å². The Morgan fingerprint density at radius 1 is 1.20 bits per heavy atom. The third-order valence-electron chi connectivity index (χ3n) is 4.11. The lowest BCUT2D eigenvalue weighted by Gasteiger charge is -2.45. The van der Waals surface area contributed by atoms with Crippen LogP contribution in [0, 0.1) is 5.92 Å². The summed E-state index contributed by atoms with van der Waals surface area (Å²) < 4.78 is 0. The number of nitrogens with zero attached hydrogens (tertiary/aromatic N) is 1. The Morgan fingerprint density at radius 2 is 1.80 bits per heavy atom. The van der Waals surface area contributed by atoms with Crippen molar-refractivity contribution in [3.63, 3.8) is 0 Å². The molecular formula is C16H30N2O2. The molecule has 1 aliphatic rings. The maximum atomic E-state index is 12.6. The number of carbonyl (C=O) groups is 2. The van der Waals surface area contributed by atoms with Crippen molar-refractivity contribution < 1.29 is 9.59 Å². The van der Waals surface area contributed by atoms with Gasteiger partial charge in [-0.1, -0.05) is 33.6 Å². The molecule has 20 heavy (non-hydrogen) atoms. The number of amides is 2. The maximum Gasteiger partial charge on any atom is 0.248 e. The molecule has 0 aliphatic carbocycles. The van der Waals surface area contributed by atoms with Crippen molar-refractivity contribution in [3.8, 4) is 0 Å². The SMILES string of the molecule is CCC1C(=O)NC(C)(C)C(=O)N1C(C)CCCC(C)C. The average Bonchev–Trinajstić information content (AvgIpc) is 2.32. The summed E-state index contributed by atoms with van der Waals surface area (Å²) in [4.78, 5) is 26.6. The third kappa shape index (κ3) is 3.74. The molecule has 116 valence electrons. The zero-order chi connectivity index (χ0) is 15.5. The van der Waals surface area contributed by atoms with E-state index in [1.807, 2.05) is 11.8 Å². The highest BCUT2D eigenvalue weighted by Gasteiger charge is 2.45. The Balaban J connectivity index is 2.80. The Labute approximate surface area is 123 Å². The first-order valence-electron chi connectivity index (χ1n) is 7.85. The van der Waals surface area contributed by atoms with Crippen LogP contribution in [0.3, 0.4) is 0 Å². The molecule has 0 radical (unpaired) electrons. The fraction of sp³-hybridized carbons (Fsp3) is 0.875. The van der Waals surface area contributed by atoms with Crippen molar-refractivity contribution >= 4 is 11.8 Å². The van der Waals surface area contributed by atoms with Crippen molar-refractivity contribution in [1.29, 1.82) is 0 Å². The van der Waals surface area contributed by atoms with Crippen LogP contribution in [-0.2, 0) is 9.59 Å². The lowest BCUT2D eigenvalue weighted by atomic mass is 9.92. The van der Waals surface area contributed by atoms with Gasteiger partial charge in [0.25, 0.3) is 0 Å². The van der Waals surface area contributed by atoms with Crippen molar-refractivity contribution in [2.24, 2.45) is 5.92 Å². The molecule has 2 amide bonds. The lowest BCUT2D eigenvalue weighted by molar-refractivity contribution is -0.156. The quantitative estimate of drug-likeness (QED) is 0.814. The van der Waals surface area contributed by atoms with E-state index >= 15 is 0 Å². The Bertz CT molecular complexity index is 363. The van der Waals surface area contributed by atoms with Gasteiger partial charge in [-0.05, 0) is 39.5 Å². The summed E-state index contributed by atoms with van der Waals surface area (Å²) in [5.41, 5.74) is -0.783. The second kappa shape index (κ2) is 6.59. The van der Waals surface area contributed by atoms with Crippen LogP contribution in [0.15, 0.2) is 0 Å².